The number of rotatable bonds is 4. The molecule has 1 amide bonds. The Kier molecular flexibility index (Phi) is 4.40. The highest BCUT2D eigenvalue weighted by atomic mass is 16.9. The first kappa shape index (κ1) is 15.5. The molecule has 1 aromatic carbocycles. The fraction of sp³-hybridized carbons (Fsp3) is 0.500. The molecule has 4 aliphatic heterocycles. The van der Waals surface area contributed by atoms with Gasteiger partial charge in [0.05, 0.1) is 6.54 Å². The number of carbonyl (C=O) groups is 1. The van der Waals surface area contributed by atoms with Crippen molar-refractivity contribution in [1.82, 2.24) is 15.4 Å². The quantitative estimate of drug-likeness (QED) is 0.915. The predicted octanol–water partition coefficient (Wildman–Crippen LogP) is 1.96. The molecule has 1 atom stereocenters. The van der Waals surface area contributed by atoms with E-state index in [0.717, 1.165) is 18.9 Å². The summed E-state index contributed by atoms with van der Waals surface area (Å²) < 4.78 is 0. The molecule has 1 N–H and O–H groups in total. The predicted molar refractivity (Wildman–Crippen MR) is 89.0 cm³/mol. The van der Waals surface area contributed by atoms with Crippen LogP contribution in [0.4, 0.5) is 0 Å². The van der Waals surface area contributed by atoms with Crippen molar-refractivity contribution in [3.63, 3.8) is 0 Å². The fourth-order valence-corrected chi connectivity index (χ4v) is 3.69. The van der Waals surface area contributed by atoms with Crippen LogP contribution in [0.25, 0.3) is 0 Å². The van der Waals surface area contributed by atoms with Gasteiger partial charge in [-0.3, -0.25) is 4.79 Å². The number of piperidine rings is 1. The first-order chi connectivity index (χ1) is 11.8. The zero-order valence-corrected chi connectivity index (χ0v) is 13.7. The molecule has 1 aromatic rings. The number of hydrogen-bond acceptors (Lipinski definition) is 5. The van der Waals surface area contributed by atoms with Crippen LogP contribution in [0.15, 0.2) is 36.6 Å². The van der Waals surface area contributed by atoms with Crippen molar-refractivity contribution in [2.75, 3.05) is 26.2 Å². The number of hydroxylamine groups is 2. The van der Waals surface area contributed by atoms with Gasteiger partial charge >= 0.3 is 0 Å². The van der Waals surface area contributed by atoms with Gasteiger partial charge < -0.3 is 19.9 Å². The summed E-state index contributed by atoms with van der Waals surface area (Å²) in [6, 6.07) is 7.42. The molecule has 3 saturated heterocycles. The molecular formula is C18H23N3O3. The normalized spacial score (nSPS) is 29.1. The van der Waals surface area contributed by atoms with Crippen LogP contribution in [-0.2, 0) is 4.84 Å². The van der Waals surface area contributed by atoms with Gasteiger partial charge in [-0.25, -0.2) is 0 Å². The Morgan fingerprint density at radius 1 is 1.21 bits per heavy atom. The molecule has 5 rings (SSSR count). The van der Waals surface area contributed by atoms with E-state index in [-0.39, 0.29) is 11.9 Å². The van der Waals surface area contributed by atoms with Gasteiger partial charge in [0, 0.05) is 23.4 Å². The zero-order valence-electron chi connectivity index (χ0n) is 13.7. The van der Waals surface area contributed by atoms with Gasteiger partial charge in [-0.15, -0.1) is 0 Å². The van der Waals surface area contributed by atoms with Crippen molar-refractivity contribution in [2.24, 2.45) is 5.92 Å². The second kappa shape index (κ2) is 6.83. The van der Waals surface area contributed by atoms with Crippen LogP contribution in [0.2, 0.25) is 0 Å². The average molecular weight is 329 g/mol. The van der Waals surface area contributed by atoms with Crippen LogP contribution in [0.3, 0.4) is 0 Å². The molecule has 6 heteroatoms. The average Bonchev–Trinajstić information content (AvgIpc) is 2.94. The number of carbonyl (C=O) groups excluding carboxylic acids is 1. The van der Waals surface area contributed by atoms with E-state index in [4.69, 9.17) is 9.68 Å². The van der Waals surface area contributed by atoms with Crippen LogP contribution in [0.1, 0.15) is 29.6 Å². The van der Waals surface area contributed by atoms with Gasteiger partial charge in [0.25, 0.3) is 5.91 Å². The molecule has 4 heterocycles. The van der Waals surface area contributed by atoms with Crippen molar-refractivity contribution in [2.45, 2.75) is 25.3 Å². The van der Waals surface area contributed by atoms with Gasteiger partial charge in [-0.1, -0.05) is 0 Å². The summed E-state index contributed by atoms with van der Waals surface area (Å²) in [6.07, 6.45) is 7.08. The smallest absolute Gasteiger partial charge is 0.251 e. The first-order valence-corrected chi connectivity index (χ1v) is 8.67. The molecule has 0 spiro atoms. The van der Waals surface area contributed by atoms with Crippen LogP contribution < -0.4 is 10.2 Å². The van der Waals surface area contributed by atoms with Crippen LogP contribution >= 0.6 is 0 Å². The van der Waals surface area contributed by atoms with E-state index in [0.29, 0.717) is 17.9 Å². The Balaban J connectivity index is 1.34. The van der Waals surface area contributed by atoms with Gasteiger partial charge in [0.15, 0.2) is 5.75 Å². The molecular weight excluding hydrogens is 306 g/mol. The van der Waals surface area contributed by atoms with E-state index in [1.165, 1.54) is 31.2 Å². The largest absolute Gasteiger partial charge is 0.379 e. The molecule has 3 fully saturated rings. The summed E-state index contributed by atoms with van der Waals surface area (Å²) in [7, 11) is 0. The Hall–Kier alpha value is -2.05. The van der Waals surface area contributed by atoms with Crippen molar-refractivity contribution in [3.8, 4) is 5.75 Å². The number of hydrogen-bond donors (Lipinski definition) is 1. The zero-order chi connectivity index (χ0) is 16.4. The molecule has 4 aliphatic rings. The number of nitrogens with zero attached hydrogens (tertiary/aromatic N) is 2. The second-order valence-electron chi connectivity index (χ2n) is 6.76. The SMILES string of the molecule is O=C(NC1CC2CCN(CC2)C1)c1ccc(ON2CC=CO2)cc1. The lowest BCUT2D eigenvalue weighted by atomic mass is 9.94. The topological polar surface area (TPSA) is 54.0 Å². The summed E-state index contributed by atoms with van der Waals surface area (Å²) in [5.41, 5.74) is 0.661. The molecule has 1 unspecified atom stereocenters. The maximum atomic E-state index is 12.5. The van der Waals surface area contributed by atoms with E-state index in [1.807, 2.05) is 6.08 Å². The summed E-state index contributed by atoms with van der Waals surface area (Å²) in [4.78, 5) is 25.6. The maximum absolute atomic E-state index is 12.5. The molecule has 24 heavy (non-hydrogen) atoms. The molecule has 128 valence electrons. The summed E-state index contributed by atoms with van der Waals surface area (Å²) in [6.45, 7) is 3.91. The Morgan fingerprint density at radius 3 is 2.71 bits per heavy atom. The lowest BCUT2D eigenvalue weighted by Gasteiger charge is -2.26. The fourth-order valence-electron chi connectivity index (χ4n) is 3.69. The monoisotopic (exact) mass is 329 g/mol. The molecule has 0 aliphatic carbocycles. The van der Waals surface area contributed by atoms with Gasteiger partial charge in [0.1, 0.15) is 6.26 Å². The van der Waals surface area contributed by atoms with Crippen molar-refractivity contribution >= 4 is 5.91 Å². The molecule has 0 aromatic heterocycles. The lowest BCUT2D eigenvalue weighted by Crippen LogP contribution is -2.41. The van der Waals surface area contributed by atoms with E-state index in [1.54, 1.807) is 30.5 Å². The molecule has 0 radical (unpaired) electrons. The summed E-state index contributed by atoms with van der Waals surface area (Å²) >= 11 is 0. The summed E-state index contributed by atoms with van der Waals surface area (Å²) in [5.74, 6) is 1.40. The third kappa shape index (κ3) is 3.55. The molecule has 2 bridgehead atoms. The van der Waals surface area contributed by atoms with Crippen molar-refractivity contribution in [3.05, 3.63) is 42.2 Å². The van der Waals surface area contributed by atoms with E-state index in [9.17, 15) is 4.79 Å². The Bertz CT molecular complexity index is 586. The third-order valence-electron chi connectivity index (χ3n) is 4.99. The third-order valence-corrected chi connectivity index (χ3v) is 4.99. The van der Waals surface area contributed by atoms with Gasteiger partial charge in [0.2, 0.25) is 0 Å². The Morgan fingerprint density at radius 2 is 2.00 bits per heavy atom. The van der Waals surface area contributed by atoms with Crippen LogP contribution in [0.5, 0.6) is 5.75 Å². The number of fused-ring (bicyclic) bond motifs is 4. The molecule has 0 saturated carbocycles. The number of benzene rings is 1. The van der Waals surface area contributed by atoms with Crippen LogP contribution in [0, 0.1) is 5.92 Å². The highest BCUT2D eigenvalue weighted by molar-refractivity contribution is 5.94. The second-order valence-corrected chi connectivity index (χ2v) is 6.76. The number of amides is 1. The highest BCUT2D eigenvalue weighted by Crippen LogP contribution is 2.27. The number of nitrogens with one attached hydrogen (secondary N) is 1. The van der Waals surface area contributed by atoms with Crippen molar-refractivity contribution < 1.29 is 14.5 Å². The van der Waals surface area contributed by atoms with E-state index >= 15 is 0 Å². The minimum absolute atomic E-state index is 0.00635. The minimum atomic E-state index is -0.00635. The highest BCUT2D eigenvalue weighted by Gasteiger charge is 2.29. The minimum Gasteiger partial charge on any atom is -0.379 e. The lowest BCUT2D eigenvalue weighted by molar-refractivity contribution is -0.266. The first-order valence-electron chi connectivity index (χ1n) is 8.67. The molecule has 6 nitrogen and oxygen atoms in total. The van der Waals surface area contributed by atoms with E-state index in [2.05, 4.69) is 10.2 Å². The van der Waals surface area contributed by atoms with E-state index < -0.39 is 0 Å². The van der Waals surface area contributed by atoms with Gasteiger partial charge in [-0.2, -0.15) is 0 Å². The summed E-state index contributed by atoms with van der Waals surface area (Å²) in [5, 5.41) is 4.58. The maximum Gasteiger partial charge on any atom is 0.251 e. The standard InChI is InChI=1S/C18H23N3O3/c22-18(19-16-12-14-6-9-20(13-16)10-7-14)15-2-4-17(5-3-15)24-21-8-1-11-23-21/h1-5,11,14,16H,6-10,12-13H2,(H,19,22). The van der Waals surface area contributed by atoms with Crippen molar-refractivity contribution in [1.29, 1.82) is 0 Å². The Labute approximate surface area is 141 Å². The van der Waals surface area contributed by atoms with Crippen LogP contribution in [-0.4, -0.2) is 48.3 Å². The van der Waals surface area contributed by atoms with Gasteiger partial charge in [-0.05, 0) is 68.6 Å².